The number of carbonyl (C=O) groups excluding carboxylic acids is 6. The van der Waals surface area contributed by atoms with E-state index in [2.05, 4.69) is 49.2 Å². The first-order valence-electron chi connectivity index (χ1n) is 19.6. The Balaban J connectivity index is 1.62. The van der Waals surface area contributed by atoms with E-state index in [1.165, 1.54) is 19.1 Å². The maximum Gasteiger partial charge on any atom is 0.244 e. The van der Waals surface area contributed by atoms with E-state index < -0.39 is 71.9 Å². The number of hydrogen-bond acceptors (Lipinski definition) is 11. The summed E-state index contributed by atoms with van der Waals surface area (Å²) in [6.45, 7) is 1.43. The van der Waals surface area contributed by atoms with Crippen molar-refractivity contribution in [3.05, 3.63) is 102 Å². The average Bonchev–Trinajstić information content (AvgIpc) is 3.65. The summed E-state index contributed by atoms with van der Waals surface area (Å²) in [5, 5.41) is 33.9. The van der Waals surface area contributed by atoms with Crippen molar-refractivity contribution in [2.24, 2.45) is 22.2 Å². The largest absolute Gasteiger partial charge is 0.508 e. The van der Waals surface area contributed by atoms with Gasteiger partial charge in [-0.25, -0.2) is 0 Å². The van der Waals surface area contributed by atoms with E-state index in [4.69, 9.17) is 17.2 Å². The summed E-state index contributed by atoms with van der Waals surface area (Å²) in [6, 6.07) is 14.9. The van der Waals surface area contributed by atoms with Gasteiger partial charge in [0.1, 0.15) is 42.2 Å². The first-order valence-corrected chi connectivity index (χ1v) is 20.3. The SMILES string of the molecule is C[C@@H](O)[C@@H](C=O)NC(=O)[C@H](CCCN=C(N)N)NC(=O)[C@H](Cc1c[nH]c2ccccc12)NC(=O)[C@H](Cc1ccc(O)cc1)NC(=O)[C@H](CS)NC(=O)[C@@H](N)Cc1ccccc1. The number of phenols is 1. The molecule has 1 heterocycles. The molecule has 1 aromatic heterocycles. The maximum absolute atomic E-state index is 14.4. The van der Waals surface area contributed by atoms with Crippen molar-refractivity contribution in [2.75, 3.05) is 12.3 Å². The Morgan fingerprint density at radius 2 is 1.30 bits per heavy atom. The Labute approximate surface area is 358 Å². The van der Waals surface area contributed by atoms with Crippen molar-refractivity contribution in [1.29, 1.82) is 0 Å². The summed E-state index contributed by atoms with van der Waals surface area (Å²) in [7, 11) is 0. The zero-order chi connectivity index (χ0) is 44.5. The Bertz CT molecular complexity index is 2130. The van der Waals surface area contributed by atoms with Crippen LogP contribution in [0.1, 0.15) is 36.5 Å². The number of hydrogen-bond donors (Lipinski definition) is 12. The van der Waals surface area contributed by atoms with Crippen LogP contribution in [-0.4, -0.2) is 112 Å². The Hall–Kier alpha value is -6.44. The van der Waals surface area contributed by atoms with Gasteiger partial charge in [0.15, 0.2) is 5.96 Å². The third-order valence-corrected chi connectivity index (χ3v) is 10.1. The van der Waals surface area contributed by atoms with Gasteiger partial charge in [-0.1, -0.05) is 60.7 Å². The van der Waals surface area contributed by atoms with Crippen LogP contribution in [0.25, 0.3) is 10.9 Å². The number of phenolic OH excluding ortho intramolecular Hbond substituents is 1. The number of aromatic hydroxyl groups is 1. The van der Waals surface area contributed by atoms with Gasteiger partial charge in [-0.15, -0.1) is 0 Å². The third kappa shape index (κ3) is 14.7. The van der Waals surface area contributed by atoms with Gasteiger partial charge < -0.3 is 63.8 Å². The lowest BCUT2D eigenvalue weighted by Crippen LogP contribution is -2.60. The zero-order valence-corrected chi connectivity index (χ0v) is 34.5. The molecule has 0 unspecified atom stereocenters. The summed E-state index contributed by atoms with van der Waals surface area (Å²) >= 11 is 4.28. The van der Waals surface area contributed by atoms with Crippen LogP contribution < -0.4 is 43.8 Å². The maximum atomic E-state index is 14.4. The second-order valence-electron chi connectivity index (χ2n) is 14.5. The number of rotatable bonds is 23. The number of fused-ring (bicyclic) bond motifs is 1. The average molecular weight is 859 g/mol. The summed E-state index contributed by atoms with van der Waals surface area (Å²) in [5.41, 5.74) is 19.8. The van der Waals surface area contributed by atoms with Gasteiger partial charge in [0.2, 0.25) is 29.5 Å². The zero-order valence-electron chi connectivity index (χ0n) is 33.6. The molecule has 326 valence electrons. The van der Waals surface area contributed by atoms with E-state index >= 15 is 0 Å². The number of aliphatic hydroxyl groups is 1. The Morgan fingerprint density at radius 1 is 0.738 bits per heavy atom. The Morgan fingerprint density at radius 3 is 1.92 bits per heavy atom. The number of guanidine groups is 1. The molecule has 5 amide bonds. The number of aldehydes is 1. The normalized spacial score (nSPS) is 14.5. The van der Waals surface area contributed by atoms with Gasteiger partial charge >= 0.3 is 0 Å². The summed E-state index contributed by atoms with van der Waals surface area (Å²) in [5.74, 6) is -4.09. The fourth-order valence-electron chi connectivity index (χ4n) is 6.36. The molecule has 4 aromatic rings. The van der Waals surface area contributed by atoms with Crippen molar-refractivity contribution in [3.63, 3.8) is 0 Å². The molecule has 0 bridgehead atoms. The number of aliphatic hydroxyl groups excluding tert-OH is 1. The number of aromatic amines is 1. The van der Waals surface area contributed by atoms with Gasteiger partial charge in [-0.05, 0) is 61.1 Å². The highest BCUT2D eigenvalue weighted by molar-refractivity contribution is 7.80. The molecule has 3 aromatic carbocycles. The summed E-state index contributed by atoms with van der Waals surface area (Å²) in [6.07, 6.45) is 1.05. The number of nitrogens with one attached hydrogen (secondary N) is 6. The monoisotopic (exact) mass is 858 g/mol. The van der Waals surface area contributed by atoms with Crippen molar-refractivity contribution < 1.29 is 39.0 Å². The van der Waals surface area contributed by atoms with E-state index in [1.54, 1.807) is 18.3 Å². The molecule has 0 radical (unpaired) electrons. The highest BCUT2D eigenvalue weighted by Gasteiger charge is 2.33. The van der Waals surface area contributed by atoms with Crippen LogP contribution in [0.15, 0.2) is 90.1 Å². The molecule has 0 saturated heterocycles. The van der Waals surface area contributed by atoms with Gasteiger partial charge in [0, 0.05) is 42.2 Å². The number of benzene rings is 3. The van der Waals surface area contributed by atoms with Gasteiger partial charge in [0.05, 0.1) is 12.1 Å². The van der Waals surface area contributed by atoms with Crippen LogP contribution in [0.5, 0.6) is 5.75 Å². The van der Waals surface area contributed by atoms with Crippen LogP contribution in [-0.2, 0) is 48.0 Å². The first-order chi connectivity index (χ1) is 29.2. The lowest BCUT2D eigenvalue weighted by atomic mass is 10.0. The number of nitrogens with two attached hydrogens (primary N) is 3. The topological polar surface area (TPSA) is 309 Å². The number of amides is 5. The molecular weight excluding hydrogens is 805 g/mol. The summed E-state index contributed by atoms with van der Waals surface area (Å²) < 4.78 is 0. The smallest absolute Gasteiger partial charge is 0.244 e. The van der Waals surface area contributed by atoms with Gasteiger partial charge in [-0.2, -0.15) is 12.6 Å². The number of aromatic nitrogens is 1. The highest BCUT2D eigenvalue weighted by Crippen LogP contribution is 2.20. The van der Waals surface area contributed by atoms with E-state index in [0.717, 1.165) is 16.5 Å². The van der Waals surface area contributed by atoms with Crippen molar-refractivity contribution >= 4 is 65.3 Å². The number of thiol groups is 1. The van der Waals surface area contributed by atoms with Gasteiger partial charge in [-0.3, -0.25) is 29.0 Å². The lowest BCUT2D eigenvalue weighted by Gasteiger charge is -2.27. The molecule has 14 N–H and O–H groups in total. The summed E-state index contributed by atoms with van der Waals surface area (Å²) in [4.78, 5) is 87.8. The predicted molar refractivity (Wildman–Crippen MR) is 233 cm³/mol. The van der Waals surface area contributed by atoms with Gasteiger partial charge in [0.25, 0.3) is 0 Å². The van der Waals surface area contributed by atoms with E-state index in [1.807, 2.05) is 54.6 Å². The second-order valence-corrected chi connectivity index (χ2v) is 14.9. The van der Waals surface area contributed by atoms with E-state index in [0.29, 0.717) is 17.4 Å². The van der Waals surface area contributed by atoms with E-state index in [9.17, 15) is 39.0 Å². The molecule has 0 spiro atoms. The molecule has 4 rings (SSSR count). The quantitative estimate of drug-likeness (QED) is 0.0144. The molecule has 61 heavy (non-hydrogen) atoms. The number of para-hydroxylation sites is 1. The predicted octanol–water partition coefficient (Wildman–Crippen LogP) is -0.784. The first kappa shape index (κ1) is 47.2. The highest BCUT2D eigenvalue weighted by atomic mass is 32.1. The molecule has 0 saturated carbocycles. The number of carbonyl (C=O) groups is 6. The lowest BCUT2D eigenvalue weighted by molar-refractivity contribution is -0.135. The van der Waals surface area contributed by atoms with Crippen LogP contribution in [0, 0.1) is 0 Å². The minimum absolute atomic E-state index is 0.00112. The minimum Gasteiger partial charge on any atom is -0.508 e. The number of aliphatic imine (C=N–C) groups is 1. The van der Waals surface area contributed by atoms with E-state index in [-0.39, 0.29) is 56.1 Å². The molecule has 0 aliphatic heterocycles. The van der Waals surface area contributed by atoms with Crippen LogP contribution in [0.4, 0.5) is 0 Å². The molecule has 18 nitrogen and oxygen atoms in total. The fourth-order valence-corrected chi connectivity index (χ4v) is 6.62. The standard InChI is InChI=1S/C42H54N10O8S/c1-24(54)35(22-53)51-38(57)32(12-7-17-46-42(44)45)48-40(59)34(20-27-21-47-31-11-6-5-10-29(27)31)50-39(58)33(19-26-13-15-28(55)16-14-26)49-41(60)36(23-61)52-37(56)30(43)18-25-8-3-2-4-9-25/h2-6,8-11,13-16,21-22,24,30,32-36,47,54-55,61H,7,12,17-20,23,43H2,1H3,(H,48,59)(H,49,60)(H,50,58)(H,51,57)(H,52,56)(H4,44,45,46)/t24-,30+,32+,33+,34+,35-,36+/m1/s1. The number of H-pyrrole nitrogens is 1. The van der Waals surface area contributed by atoms with Crippen molar-refractivity contribution in [1.82, 2.24) is 31.6 Å². The minimum atomic E-state index is -1.35. The van der Waals surface area contributed by atoms with Crippen molar-refractivity contribution in [3.8, 4) is 5.75 Å². The number of nitrogens with zero attached hydrogens (tertiary/aromatic N) is 1. The van der Waals surface area contributed by atoms with Crippen LogP contribution in [0.2, 0.25) is 0 Å². The molecule has 7 atom stereocenters. The van der Waals surface area contributed by atoms with Crippen molar-refractivity contribution in [2.45, 2.75) is 81.4 Å². The third-order valence-electron chi connectivity index (χ3n) is 9.75. The fraction of sp³-hybridized carbons (Fsp3) is 0.357. The molecular formula is C42H54N10O8S. The second kappa shape index (κ2) is 23.4. The molecule has 0 aliphatic rings. The Kier molecular flexibility index (Phi) is 18.1. The van der Waals surface area contributed by atoms with Crippen LogP contribution in [0.3, 0.4) is 0 Å². The molecule has 0 aliphatic carbocycles. The molecule has 19 heteroatoms. The van der Waals surface area contributed by atoms with Crippen LogP contribution >= 0.6 is 12.6 Å². The molecule has 0 fully saturated rings.